The number of carbonyl (C=O) groups is 1. The van der Waals surface area contributed by atoms with Crippen LogP contribution in [0.15, 0.2) is 60.7 Å². The third-order valence-electron chi connectivity index (χ3n) is 3.55. The van der Waals surface area contributed by atoms with Crippen molar-refractivity contribution in [3.8, 4) is 0 Å². The average molecular weight is 312 g/mol. The SMILES string of the molecule is CC(CO)NC(=O)CN(Cc1ccccc1)Cc1ccccc1. The number of rotatable bonds is 8. The van der Waals surface area contributed by atoms with Crippen LogP contribution in [0.4, 0.5) is 0 Å². The van der Waals surface area contributed by atoms with Crippen molar-refractivity contribution in [1.29, 1.82) is 0 Å². The minimum absolute atomic E-state index is 0.0525. The van der Waals surface area contributed by atoms with Crippen molar-refractivity contribution in [3.05, 3.63) is 71.8 Å². The predicted octanol–water partition coefficient (Wildman–Crippen LogP) is 2.19. The molecule has 0 saturated heterocycles. The molecule has 1 amide bonds. The Bertz CT molecular complexity index is 545. The maximum absolute atomic E-state index is 12.1. The molecule has 4 nitrogen and oxygen atoms in total. The van der Waals surface area contributed by atoms with Gasteiger partial charge in [0.05, 0.1) is 13.2 Å². The van der Waals surface area contributed by atoms with E-state index in [2.05, 4.69) is 34.5 Å². The first kappa shape index (κ1) is 17.2. The Hall–Kier alpha value is -2.17. The van der Waals surface area contributed by atoms with Gasteiger partial charge in [0.15, 0.2) is 0 Å². The van der Waals surface area contributed by atoms with E-state index in [1.54, 1.807) is 6.92 Å². The lowest BCUT2D eigenvalue weighted by Gasteiger charge is -2.23. The highest BCUT2D eigenvalue weighted by atomic mass is 16.3. The Morgan fingerprint density at radius 2 is 1.48 bits per heavy atom. The van der Waals surface area contributed by atoms with Gasteiger partial charge in [-0.3, -0.25) is 9.69 Å². The second-order valence-electron chi connectivity index (χ2n) is 5.77. The number of nitrogens with zero attached hydrogens (tertiary/aromatic N) is 1. The Labute approximate surface area is 137 Å². The maximum atomic E-state index is 12.1. The van der Waals surface area contributed by atoms with Crippen molar-refractivity contribution in [2.45, 2.75) is 26.1 Å². The molecular weight excluding hydrogens is 288 g/mol. The van der Waals surface area contributed by atoms with E-state index >= 15 is 0 Å². The summed E-state index contributed by atoms with van der Waals surface area (Å²) in [5, 5.41) is 11.9. The molecule has 2 rings (SSSR count). The van der Waals surface area contributed by atoms with E-state index in [1.165, 1.54) is 11.1 Å². The van der Waals surface area contributed by atoms with Gasteiger partial charge in [-0.1, -0.05) is 60.7 Å². The fourth-order valence-electron chi connectivity index (χ4n) is 2.42. The number of aliphatic hydroxyl groups is 1. The minimum atomic E-state index is -0.224. The molecule has 2 aromatic rings. The van der Waals surface area contributed by atoms with Gasteiger partial charge < -0.3 is 10.4 Å². The van der Waals surface area contributed by atoms with E-state index < -0.39 is 0 Å². The molecule has 122 valence electrons. The smallest absolute Gasteiger partial charge is 0.234 e. The molecule has 2 aromatic carbocycles. The number of benzene rings is 2. The Morgan fingerprint density at radius 1 is 1.00 bits per heavy atom. The summed E-state index contributed by atoms with van der Waals surface area (Å²) in [6, 6.07) is 20.0. The summed E-state index contributed by atoms with van der Waals surface area (Å²) in [7, 11) is 0. The van der Waals surface area contributed by atoms with Gasteiger partial charge >= 0.3 is 0 Å². The molecule has 0 aliphatic carbocycles. The van der Waals surface area contributed by atoms with Gasteiger partial charge in [-0.25, -0.2) is 0 Å². The predicted molar refractivity (Wildman–Crippen MR) is 91.7 cm³/mol. The average Bonchev–Trinajstić information content (AvgIpc) is 2.56. The molecule has 0 aliphatic rings. The maximum Gasteiger partial charge on any atom is 0.234 e. The summed E-state index contributed by atoms with van der Waals surface area (Å²) < 4.78 is 0. The fourth-order valence-corrected chi connectivity index (χ4v) is 2.42. The van der Waals surface area contributed by atoms with Gasteiger partial charge in [0, 0.05) is 19.1 Å². The molecule has 2 N–H and O–H groups in total. The molecule has 0 aromatic heterocycles. The van der Waals surface area contributed by atoms with Crippen molar-refractivity contribution in [1.82, 2.24) is 10.2 Å². The van der Waals surface area contributed by atoms with E-state index in [9.17, 15) is 4.79 Å². The molecule has 0 saturated carbocycles. The number of amides is 1. The van der Waals surface area contributed by atoms with Crippen LogP contribution in [0.5, 0.6) is 0 Å². The van der Waals surface area contributed by atoms with Crippen LogP contribution in [0.1, 0.15) is 18.1 Å². The lowest BCUT2D eigenvalue weighted by atomic mass is 10.1. The molecule has 0 radical (unpaired) electrons. The van der Waals surface area contributed by atoms with Crippen LogP contribution in [0.25, 0.3) is 0 Å². The van der Waals surface area contributed by atoms with Crippen molar-refractivity contribution in [2.75, 3.05) is 13.2 Å². The second-order valence-corrected chi connectivity index (χ2v) is 5.77. The second kappa shape index (κ2) is 9.08. The van der Waals surface area contributed by atoms with E-state index in [4.69, 9.17) is 5.11 Å². The fraction of sp³-hybridized carbons (Fsp3) is 0.316. The van der Waals surface area contributed by atoms with Crippen LogP contribution in [0.2, 0.25) is 0 Å². The first-order valence-electron chi connectivity index (χ1n) is 7.88. The van der Waals surface area contributed by atoms with Crippen molar-refractivity contribution >= 4 is 5.91 Å². The minimum Gasteiger partial charge on any atom is -0.394 e. The highest BCUT2D eigenvalue weighted by Crippen LogP contribution is 2.09. The number of carbonyl (C=O) groups excluding carboxylic acids is 1. The quantitative estimate of drug-likeness (QED) is 0.785. The molecule has 0 spiro atoms. The van der Waals surface area contributed by atoms with Crippen molar-refractivity contribution in [2.24, 2.45) is 0 Å². The summed E-state index contributed by atoms with van der Waals surface area (Å²) in [4.78, 5) is 14.2. The summed E-state index contributed by atoms with van der Waals surface area (Å²) >= 11 is 0. The lowest BCUT2D eigenvalue weighted by molar-refractivity contribution is -0.123. The monoisotopic (exact) mass is 312 g/mol. The zero-order valence-corrected chi connectivity index (χ0v) is 13.5. The van der Waals surface area contributed by atoms with Gasteiger partial charge in [-0.2, -0.15) is 0 Å². The number of hydrogen-bond donors (Lipinski definition) is 2. The van der Waals surface area contributed by atoms with Crippen LogP contribution < -0.4 is 5.32 Å². The molecule has 0 heterocycles. The number of aliphatic hydroxyl groups excluding tert-OH is 1. The number of nitrogens with one attached hydrogen (secondary N) is 1. The normalized spacial score (nSPS) is 12.1. The van der Waals surface area contributed by atoms with E-state index in [0.717, 1.165) is 0 Å². The zero-order chi connectivity index (χ0) is 16.5. The van der Waals surface area contributed by atoms with Gasteiger partial charge in [-0.05, 0) is 18.1 Å². The standard InChI is InChI=1S/C19H24N2O2/c1-16(15-22)20-19(23)14-21(12-17-8-4-2-5-9-17)13-18-10-6-3-7-11-18/h2-11,16,22H,12-15H2,1H3,(H,20,23). The van der Waals surface area contributed by atoms with Crippen LogP contribution in [-0.4, -0.2) is 35.1 Å². The molecule has 23 heavy (non-hydrogen) atoms. The molecule has 4 heteroatoms. The van der Waals surface area contributed by atoms with Crippen molar-refractivity contribution < 1.29 is 9.90 Å². The third kappa shape index (κ3) is 6.22. The first-order chi connectivity index (χ1) is 11.2. The number of hydrogen-bond acceptors (Lipinski definition) is 3. The van der Waals surface area contributed by atoms with E-state index in [-0.39, 0.29) is 18.6 Å². The van der Waals surface area contributed by atoms with E-state index in [0.29, 0.717) is 19.6 Å². The van der Waals surface area contributed by atoms with Gasteiger partial charge in [0.25, 0.3) is 0 Å². The van der Waals surface area contributed by atoms with Gasteiger partial charge in [0.1, 0.15) is 0 Å². The molecule has 0 aliphatic heterocycles. The summed E-state index contributed by atoms with van der Waals surface area (Å²) in [5.74, 6) is -0.0709. The van der Waals surface area contributed by atoms with Crippen LogP contribution in [0.3, 0.4) is 0 Å². The topological polar surface area (TPSA) is 52.6 Å². The third-order valence-corrected chi connectivity index (χ3v) is 3.55. The Morgan fingerprint density at radius 3 is 1.91 bits per heavy atom. The Kier molecular flexibility index (Phi) is 6.78. The molecule has 1 atom stereocenters. The van der Waals surface area contributed by atoms with Crippen LogP contribution in [0, 0.1) is 0 Å². The largest absolute Gasteiger partial charge is 0.394 e. The van der Waals surface area contributed by atoms with Gasteiger partial charge in [-0.15, -0.1) is 0 Å². The highest BCUT2D eigenvalue weighted by Gasteiger charge is 2.13. The van der Waals surface area contributed by atoms with Crippen LogP contribution >= 0.6 is 0 Å². The van der Waals surface area contributed by atoms with Crippen molar-refractivity contribution in [3.63, 3.8) is 0 Å². The molecule has 0 fully saturated rings. The Balaban J connectivity index is 2.03. The molecule has 0 bridgehead atoms. The zero-order valence-electron chi connectivity index (χ0n) is 13.5. The molecular formula is C19H24N2O2. The highest BCUT2D eigenvalue weighted by molar-refractivity contribution is 5.78. The summed E-state index contributed by atoms with van der Waals surface area (Å²) in [5.41, 5.74) is 2.35. The molecule has 1 unspecified atom stereocenters. The van der Waals surface area contributed by atoms with E-state index in [1.807, 2.05) is 36.4 Å². The summed E-state index contributed by atoms with van der Waals surface area (Å²) in [6.07, 6.45) is 0. The lowest BCUT2D eigenvalue weighted by Crippen LogP contribution is -2.42. The van der Waals surface area contributed by atoms with Gasteiger partial charge in [0.2, 0.25) is 5.91 Å². The van der Waals surface area contributed by atoms with Crippen LogP contribution in [-0.2, 0) is 17.9 Å². The summed E-state index contributed by atoms with van der Waals surface area (Å²) in [6.45, 7) is 3.45. The first-order valence-corrected chi connectivity index (χ1v) is 7.88.